The smallest absolute Gasteiger partial charge is 0.163 e. The lowest BCUT2D eigenvalue weighted by Crippen LogP contribution is -2.13. The normalized spacial score (nSPS) is 15.8. The lowest BCUT2D eigenvalue weighted by Gasteiger charge is -2.17. The van der Waals surface area contributed by atoms with E-state index >= 15 is 0 Å². The lowest BCUT2D eigenvalue weighted by molar-refractivity contribution is 0.101. The fraction of sp³-hybridized carbons (Fsp3) is 0.353. The molecule has 1 aliphatic rings. The van der Waals surface area contributed by atoms with Gasteiger partial charge in [-0.25, -0.2) is 0 Å². The number of ketones is 1. The van der Waals surface area contributed by atoms with Gasteiger partial charge in [-0.15, -0.1) is 0 Å². The quantitative estimate of drug-likeness (QED) is 0.760. The zero-order valence-corrected chi connectivity index (χ0v) is 11.2. The van der Waals surface area contributed by atoms with Crippen molar-refractivity contribution in [2.45, 2.75) is 38.7 Å². The van der Waals surface area contributed by atoms with Crippen molar-refractivity contribution in [2.24, 2.45) is 0 Å². The summed E-state index contributed by atoms with van der Waals surface area (Å²) >= 11 is 0. The molecule has 0 saturated heterocycles. The molecule has 3 rings (SSSR count). The minimum absolute atomic E-state index is 0.0683. The zero-order valence-electron chi connectivity index (χ0n) is 11.2. The number of rotatable bonds is 3. The van der Waals surface area contributed by atoms with Crippen LogP contribution in [0.25, 0.3) is 10.8 Å². The molecule has 1 aliphatic carbocycles. The van der Waals surface area contributed by atoms with Gasteiger partial charge in [0.25, 0.3) is 0 Å². The maximum absolute atomic E-state index is 11.8. The van der Waals surface area contributed by atoms with Gasteiger partial charge in [0.1, 0.15) is 5.75 Å². The van der Waals surface area contributed by atoms with Gasteiger partial charge in [-0.1, -0.05) is 30.3 Å². The van der Waals surface area contributed by atoms with Gasteiger partial charge < -0.3 is 4.74 Å². The van der Waals surface area contributed by atoms with Crippen LogP contribution in [0, 0.1) is 0 Å². The van der Waals surface area contributed by atoms with Crippen LogP contribution in [0.3, 0.4) is 0 Å². The lowest BCUT2D eigenvalue weighted by atomic mass is 10.0. The van der Waals surface area contributed by atoms with Gasteiger partial charge in [0.05, 0.1) is 11.7 Å². The van der Waals surface area contributed by atoms with E-state index in [2.05, 4.69) is 6.07 Å². The van der Waals surface area contributed by atoms with E-state index in [0.29, 0.717) is 5.56 Å². The second kappa shape index (κ2) is 5.04. The fourth-order valence-electron chi connectivity index (χ4n) is 2.82. The van der Waals surface area contributed by atoms with Gasteiger partial charge in [-0.2, -0.15) is 0 Å². The molecule has 2 aromatic carbocycles. The third kappa shape index (κ3) is 2.35. The van der Waals surface area contributed by atoms with Crippen LogP contribution in [0.2, 0.25) is 0 Å². The fourth-order valence-corrected chi connectivity index (χ4v) is 2.82. The van der Waals surface area contributed by atoms with Gasteiger partial charge in [-0.3, -0.25) is 4.79 Å². The summed E-state index contributed by atoms with van der Waals surface area (Å²) in [5.41, 5.74) is 0.700. The molecule has 0 aliphatic heterocycles. The highest BCUT2D eigenvalue weighted by Crippen LogP contribution is 2.33. The summed E-state index contributed by atoms with van der Waals surface area (Å²) in [5.74, 6) is 0.844. The number of hydrogen-bond donors (Lipinski definition) is 0. The first kappa shape index (κ1) is 12.2. The van der Waals surface area contributed by atoms with E-state index in [0.717, 1.165) is 29.4 Å². The third-order valence-corrected chi connectivity index (χ3v) is 3.85. The molecular weight excluding hydrogens is 236 g/mol. The predicted molar refractivity (Wildman–Crippen MR) is 76.8 cm³/mol. The molecule has 0 spiro atoms. The first-order valence-corrected chi connectivity index (χ1v) is 6.95. The Hall–Kier alpha value is -1.83. The van der Waals surface area contributed by atoms with E-state index in [1.54, 1.807) is 6.92 Å². The van der Waals surface area contributed by atoms with Crippen LogP contribution in [-0.2, 0) is 0 Å². The average molecular weight is 254 g/mol. The molecule has 2 aromatic rings. The Labute approximate surface area is 113 Å². The van der Waals surface area contributed by atoms with Crippen LogP contribution >= 0.6 is 0 Å². The average Bonchev–Trinajstić information content (AvgIpc) is 2.92. The molecule has 0 amide bonds. The first-order valence-electron chi connectivity index (χ1n) is 6.95. The minimum atomic E-state index is 0.0683. The number of hydrogen-bond acceptors (Lipinski definition) is 2. The Kier molecular flexibility index (Phi) is 3.24. The highest BCUT2D eigenvalue weighted by Gasteiger charge is 2.20. The third-order valence-electron chi connectivity index (χ3n) is 3.85. The summed E-state index contributed by atoms with van der Waals surface area (Å²) in [6, 6.07) is 12.0. The van der Waals surface area contributed by atoms with Crippen molar-refractivity contribution in [2.75, 3.05) is 0 Å². The Bertz CT molecular complexity index is 610. The molecule has 2 heteroatoms. The Morgan fingerprint density at radius 1 is 1.11 bits per heavy atom. The molecule has 0 aromatic heterocycles. The van der Waals surface area contributed by atoms with E-state index < -0.39 is 0 Å². The van der Waals surface area contributed by atoms with E-state index in [-0.39, 0.29) is 11.9 Å². The number of carbonyl (C=O) groups is 1. The molecule has 1 saturated carbocycles. The number of Topliss-reactive ketones (excluding diaryl/α,β-unsaturated/α-hetero) is 1. The molecular formula is C17H18O2. The molecule has 0 bridgehead atoms. The Balaban J connectivity index is 2.10. The van der Waals surface area contributed by atoms with Crippen molar-refractivity contribution in [1.82, 2.24) is 0 Å². The molecule has 0 unspecified atom stereocenters. The van der Waals surface area contributed by atoms with E-state index in [9.17, 15) is 4.79 Å². The zero-order chi connectivity index (χ0) is 13.2. The van der Waals surface area contributed by atoms with Crippen molar-refractivity contribution in [3.63, 3.8) is 0 Å². The number of benzene rings is 2. The minimum Gasteiger partial charge on any atom is -0.489 e. The van der Waals surface area contributed by atoms with E-state index in [1.165, 1.54) is 12.8 Å². The summed E-state index contributed by atoms with van der Waals surface area (Å²) in [6.45, 7) is 1.60. The summed E-state index contributed by atoms with van der Waals surface area (Å²) in [4.78, 5) is 11.8. The monoisotopic (exact) mass is 254 g/mol. The van der Waals surface area contributed by atoms with Crippen LogP contribution in [0.5, 0.6) is 5.75 Å². The molecule has 0 N–H and O–H groups in total. The summed E-state index contributed by atoms with van der Waals surface area (Å²) in [5, 5.41) is 2.17. The number of fused-ring (bicyclic) bond motifs is 1. The van der Waals surface area contributed by atoms with Gasteiger partial charge >= 0.3 is 0 Å². The van der Waals surface area contributed by atoms with Gasteiger partial charge in [0.15, 0.2) is 5.78 Å². The van der Waals surface area contributed by atoms with Crippen LogP contribution in [0.1, 0.15) is 43.0 Å². The molecule has 1 fully saturated rings. The maximum atomic E-state index is 11.8. The van der Waals surface area contributed by atoms with Crippen LogP contribution < -0.4 is 4.74 Å². The van der Waals surface area contributed by atoms with Crippen molar-refractivity contribution in [3.8, 4) is 5.75 Å². The van der Waals surface area contributed by atoms with Gasteiger partial charge in [0.2, 0.25) is 0 Å². The van der Waals surface area contributed by atoms with E-state index in [4.69, 9.17) is 4.74 Å². The summed E-state index contributed by atoms with van der Waals surface area (Å²) < 4.78 is 6.16. The Morgan fingerprint density at radius 2 is 1.84 bits per heavy atom. The van der Waals surface area contributed by atoms with Crippen LogP contribution in [0.15, 0.2) is 36.4 Å². The van der Waals surface area contributed by atoms with Crippen molar-refractivity contribution in [3.05, 3.63) is 42.0 Å². The highest BCUT2D eigenvalue weighted by molar-refractivity contribution is 6.03. The van der Waals surface area contributed by atoms with Crippen molar-refractivity contribution >= 4 is 16.6 Å². The van der Waals surface area contributed by atoms with Crippen molar-refractivity contribution < 1.29 is 9.53 Å². The molecule has 2 nitrogen and oxygen atoms in total. The standard InChI is InChI=1S/C17H18O2/c1-12(18)15-11-10-13-6-2-5-9-16(13)17(15)19-14-7-3-4-8-14/h2,5-6,9-11,14H,3-4,7-8H2,1H3. The Morgan fingerprint density at radius 3 is 2.58 bits per heavy atom. The van der Waals surface area contributed by atoms with E-state index in [1.807, 2.05) is 30.3 Å². The van der Waals surface area contributed by atoms with Crippen LogP contribution in [0.4, 0.5) is 0 Å². The number of carbonyl (C=O) groups excluding carboxylic acids is 1. The molecule has 19 heavy (non-hydrogen) atoms. The topological polar surface area (TPSA) is 26.3 Å². The molecule has 0 atom stereocenters. The predicted octanol–water partition coefficient (Wildman–Crippen LogP) is 4.36. The van der Waals surface area contributed by atoms with Crippen molar-refractivity contribution in [1.29, 1.82) is 0 Å². The van der Waals surface area contributed by atoms with Crippen LogP contribution in [-0.4, -0.2) is 11.9 Å². The second-order valence-corrected chi connectivity index (χ2v) is 5.24. The summed E-state index contributed by atoms with van der Waals surface area (Å²) in [6.07, 6.45) is 4.92. The maximum Gasteiger partial charge on any atom is 0.163 e. The molecule has 0 radical (unpaired) electrons. The first-order chi connectivity index (χ1) is 9.25. The molecule has 98 valence electrons. The second-order valence-electron chi connectivity index (χ2n) is 5.24. The van der Waals surface area contributed by atoms with Gasteiger partial charge in [-0.05, 0) is 44.1 Å². The summed E-state index contributed by atoms with van der Waals surface area (Å²) in [7, 11) is 0. The largest absolute Gasteiger partial charge is 0.489 e. The number of ether oxygens (including phenoxy) is 1. The highest BCUT2D eigenvalue weighted by atomic mass is 16.5. The SMILES string of the molecule is CC(=O)c1ccc2ccccc2c1OC1CCCC1. The molecule has 0 heterocycles. The van der Waals surface area contributed by atoms with Gasteiger partial charge in [0, 0.05) is 5.39 Å².